The second-order valence-corrected chi connectivity index (χ2v) is 7.68. The molecule has 1 aromatic carbocycles. The quantitative estimate of drug-likeness (QED) is 0.636. The lowest BCUT2D eigenvalue weighted by atomic mass is 10.0. The van der Waals surface area contributed by atoms with E-state index in [4.69, 9.17) is 0 Å². The fraction of sp³-hybridized carbons (Fsp3) is 0.455. The average molecular weight is 367 g/mol. The van der Waals surface area contributed by atoms with Gasteiger partial charge in [-0.2, -0.15) is 0 Å². The summed E-state index contributed by atoms with van der Waals surface area (Å²) >= 11 is 0. The molecule has 144 valence electrons. The molecule has 1 aliphatic rings. The highest BCUT2D eigenvalue weighted by Gasteiger charge is 2.25. The Balaban J connectivity index is 1.61. The second kappa shape index (κ2) is 8.42. The summed E-state index contributed by atoms with van der Waals surface area (Å²) in [6.45, 7) is 7.58. The molecule has 1 aliphatic heterocycles. The summed E-state index contributed by atoms with van der Waals surface area (Å²) in [5.74, 6) is 0.0921. The topological polar surface area (TPSA) is 58.1 Å². The lowest BCUT2D eigenvalue weighted by molar-refractivity contribution is -0.127. The number of carbonyl (C=O) groups is 1. The summed E-state index contributed by atoms with van der Waals surface area (Å²) < 4.78 is 1.86. The summed E-state index contributed by atoms with van der Waals surface area (Å²) in [7, 11) is 0. The van der Waals surface area contributed by atoms with Gasteiger partial charge >= 0.3 is 5.69 Å². The summed E-state index contributed by atoms with van der Waals surface area (Å²) in [6, 6.07) is 7.92. The Morgan fingerprint density at radius 2 is 1.89 bits per heavy atom. The van der Waals surface area contributed by atoms with Crippen LogP contribution < -0.4 is 5.69 Å². The molecule has 0 spiro atoms. The highest BCUT2D eigenvalue weighted by atomic mass is 16.2. The van der Waals surface area contributed by atoms with E-state index in [0.717, 1.165) is 42.3 Å². The Hall–Kier alpha value is -2.56. The van der Waals surface area contributed by atoms with Crippen molar-refractivity contribution in [3.63, 3.8) is 0 Å². The van der Waals surface area contributed by atoms with E-state index in [1.807, 2.05) is 40.7 Å². The van der Waals surface area contributed by atoms with Crippen molar-refractivity contribution in [2.45, 2.75) is 52.5 Å². The third-order valence-electron chi connectivity index (χ3n) is 5.23. The van der Waals surface area contributed by atoms with E-state index in [1.165, 1.54) is 5.57 Å². The maximum Gasteiger partial charge on any atom is 0.326 e. The van der Waals surface area contributed by atoms with E-state index in [9.17, 15) is 9.59 Å². The van der Waals surface area contributed by atoms with Gasteiger partial charge in [0.05, 0.1) is 11.0 Å². The normalized spacial score (nSPS) is 16.0. The van der Waals surface area contributed by atoms with Crippen LogP contribution in [0.15, 0.2) is 52.4 Å². The maximum absolute atomic E-state index is 12.5. The molecule has 1 N–H and O–H groups in total. The molecular weight excluding hydrogens is 338 g/mol. The minimum Gasteiger partial charge on any atom is -0.339 e. The van der Waals surface area contributed by atoms with Crippen molar-refractivity contribution in [2.75, 3.05) is 13.1 Å². The minimum absolute atomic E-state index is 0.0593. The van der Waals surface area contributed by atoms with Crippen LogP contribution in [-0.4, -0.2) is 33.4 Å². The van der Waals surface area contributed by atoms with E-state index < -0.39 is 0 Å². The van der Waals surface area contributed by atoms with Crippen LogP contribution in [0.25, 0.3) is 11.0 Å². The van der Waals surface area contributed by atoms with Gasteiger partial charge in [0.15, 0.2) is 0 Å². The van der Waals surface area contributed by atoms with Gasteiger partial charge in [-0.3, -0.25) is 9.36 Å². The van der Waals surface area contributed by atoms with Crippen LogP contribution in [0.3, 0.4) is 0 Å². The minimum atomic E-state index is -0.0593. The molecule has 2 aromatic rings. The molecule has 0 aliphatic carbocycles. The van der Waals surface area contributed by atoms with Crippen LogP contribution in [0.2, 0.25) is 0 Å². The van der Waals surface area contributed by atoms with Crippen LogP contribution in [0, 0.1) is 0 Å². The SMILES string of the molecule is CC(C)=CCC/C(C)=C/C(=O)N1CCC(n2c(=O)[nH]c3ccccc32)CC1. The number of aromatic amines is 1. The highest BCUT2D eigenvalue weighted by Crippen LogP contribution is 2.25. The van der Waals surface area contributed by atoms with Gasteiger partial charge in [0.2, 0.25) is 5.91 Å². The number of nitrogens with one attached hydrogen (secondary N) is 1. The number of rotatable bonds is 5. The molecule has 1 aromatic heterocycles. The number of hydrogen-bond donors (Lipinski definition) is 1. The fourth-order valence-corrected chi connectivity index (χ4v) is 3.74. The maximum atomic E-state index is 12.5. The monoisotopic (exact) mass is 367 g/mol. The Labute approximate surface area is 160 Å². The molecule has 3 rings (SSSR count). The number of para-hydroxylation sites is 2. The zero-order chi connectivity index (χ0) is 19.4. The number of carbonyl (C=O) groups excluding carboxylic acids is 1. The predicted octanol–water partition coefficient (Wildman–Crippen LogP) is 4.19. The number of imidazole rings is 1. The molecule has 5 nitrogen and oxygen atoms in total. The molecule has 0 atom stereocenters. The number of piperidine rings is 1. The first kappa shape index (κ1) is 19.2. The van der Waals surface area contributed by atoms with Gasteiger partial charge in [0, 0.05) is 25.2 Å². The lowest BCUT2D eigenvalue weighted by Gasteiger charge is -2.32. The summed E-state index contributed by atoms with van der Waals surface area (Å²) in [5.41, 5.74) is 4.19. The molecule has 1 saturated heterocycles. The number of H-pyrrole nitrogens is 1. The zero-order valence-corrected chi connectivity index (χ0v) is 16.5. The van der Waals surface area contributed by atoms with E-state index in [1.54, 1.807) is 6.08 Å². The van der Waals surface area contributed by atoms with Crippen LogP contribution >= 0.6 is 0 Å². The van der Waals surface area contributed by atoms with Gasteiger partial charge in [-0.05, 0) is 58.6 Å². The van der Waals surface area contributed by atoms with E-state index >= 15 is 0 Å². The van der Waals surface area contributed by atoms with Gasteiger partial charge in [-0.15, -0.1) is 0 Å². The van der Waals surface area contributed by atoms with Gasteiger partial charge in [0.1, 0.15) is 0 Å². The van der Waals surface area contributed by atoms with E-state index in [0.29, 0.717) is 13.1 Å². The lowest BCUT2D eigenvalue weighted by Crippen LogP contribution is -2.39. The van der Waals surface area contributed by atoms with Crippen molar-refractivity contribution in [3.05, 3.63) is 58.0 Å². The average Bonchev–Trinajstić information content (AvgIpc) is 2.97. The highest BCUT2D eigenvalue weighted by molar-refractivity contribution is 5.88. The number of benzene rings is 1. The summed E-state index contributed by atoms with van der Waals surface area (Å²) in [4.78, 5) is 29.7. The van der Waals surface area contributed by atoms with Crippen molar-refractivity contribution in [1.82, 2.24) is 14.5 Å². The first-order valence-electron chi connectivity index (χ1n) is 9.74. The van der Waals surface area contributed by atoms with Crippen LogP contribution in [0.5, 0.6) is 0 Å². The number of hydrogen-bond acceptors (Lipinski definition) is 2. The van der Waals surface area contributed by atoms with Crippen LogP contribution in [0.4, 0.5) is 0 Å². The van der Waals surface area contributed by atoms with Gasteiger partial charge in [0.25, 0.3) is 0 Å². The van der Waals surface area contributed by atoms with E-state index in [-0.39, 0.29) is 17.6 Å². The number of likely N-dealkylation sites (tertiary alicyclic amines) is 1. The molecule has 2 heterocycles. The number of allylic oxidation sites excluding steroid dienone is 3. The van der Waals surface area contributed by atoms with Crippen molar-refractivity contribution in [3.8, 4) is 0 Å². The zero-order valence-electron chi connectivity index (χ0n) is 16.5. The molecule has 0 unspecified atom stereocenters. The first-order valence-corrected chi connectivity index (χ1v) is 9.74. The molecule has 1 fully saturated rings. The largest absolute Gasteiger partial charge is 0.339 e. The Kier molecular flexibility index (Phi) is 5.99. The van der Waals surface area contributed by atoms with Gasteiger partial charge in [-0.25, -0.2) is 4.79 Å². The molecule has 27 heavy (non-hydrogen) atoms. The van der Waals surface area contributed by atoms with Crippen molar-refractivity contribution in [1.29, 1.82) is 0 Å². The van der Waals surface area contributed by atoms with Crippen molar-refractivity contribution in [2.24, 2.45) is 0 Å². The van der Waals surface area contributed by atoms with E-state index in [2.05, 4.69) is 24.9 Å². The molecule has 5 heteroatoms. The third-order valence-corrected chi connectivity index (χ3v) is 5.23. The molecule has 0 saturated carbocycles. The summed E-state index contributed by atoms with van der Waals surface area (Å²) in [5, 5.41) is 0. The van der Waals surface area contributed by atoms with Crippen LogP contribution in [-0.2, 0) is 4.79 Å². The van der Waals surface area contributed by atoms with Crippen molar-refractivity contribution < 1.29 is 4.79 Å². The summed E-state index contributed by atoms with van der Waals surface area (Å²) in [6.07, 6.45) is 7.47. The standard InChI is InChI=1S/C22H29N3O2/c1-16(2)7-6-8-17(3)15-21(26)24-13-11-18(12-14-24)25-20-10-5-4-9-19(20)23-22(25)27/h4-5,7,9-10,15,18H,6,8,11-14H2,1-3H3,(H,23,27)/b17-15+. The Morgan fingerprint density at radius 3 is 2.59 bits per heavy atom. The second-order valence-electron chi connectivity index (χ2n) is 7.68. The third kappa shape index (κ3) is 4.59. The Bertz CT molecular complexity index is 920. The molecule has 0 bridgehead atoms. The number of nitrogens with zero attached hydrogens (tertiary/aromatic N) is 2. The van der Waals surface area contributed by atoms with Crippen molar-refractivity contribution >= 4 is 16.9 Å². The molecule has 1 amide bonds. The van der Waals surface area contributed by atoms with Crippen LogP contribution in [0.1, 0.15) is 52.5 Å². The first-order chi connectivity index (χ1) is 13.0. The van der Waals surface area contributed by atoms with Gasteiger partial charge < -0.3 is 9.88 Å². The number of aromatic nitrogens is 2. The number of fused-ring (bicyclic) bond motifs is 1. The van der Waals surface area contributed by atoms with Gasteiger partial charge in [-0.1, -0.05) is 29.4 Å². The fourth-order valence-electron chi connectivity index (χ4n) is 3.74. The molecular formula is C22H29N3O2. The predicted molar refractivity (Wildman–Crippen MR) is 110 cm³/mol. The Morgan fingerprint density at radius 1 is 1.19 bits per heavy atom. The molecule has 0 radical (unpaired) electrons. The smallest absolute Gasteiger partial charge is 0.326 e. The number of amides is 1.